The van der Waals surface area contributed by atoms with Crippen LogP contribution in [0, 0.1) is 5.92 Å². The van der Waals surface area contributed by atoms with Crippen LogP contribution < -0.4 is 5.32 Å². The Hall–Kier alpha value is -1.27. The van der Waals surface area contributed by atoms with Gasteiger partial charge < -0.3 is 0 Å². The molecule has 0 saturated heterocycles. The second kappa shape index (κ2) is 6.25. The van der Waals surface area contributed by atoms with Gasteiger partial charge in [0, 0.05) is 16.5 Å². The Labute approximate surface area is 124 Å². The van der Waals surface area contributed by atoms with Gasteiger partial charge in [-0.05, 0) is 24.1 Å². The Kier molecular flexibility index (Phi) is 4.66. The van der Waals surface area contributed by atoms with Crippen LogP contribution in [-0.4, -0.2) is 16.1 Å². The first kappa shape index (κ1) is 14.1. The van der Waals surface area contributed by atoms with Gasteiger partial charge >= 0.3 is 0 Å². The lowest BCUT2D eigenvalue weighted by atomic mass is 10.1. The van der Waals surface area contributed by atoms with E-state index in [0.717, 1.165) is 15.9 Å². The Morgan fingerprint density at radius 1 is 1.42 bits per heavy atom. The van der Waals surface area contributed by atoms with Crippen LogP contribution in [0.2, 0.25) is 0 Å². The number of nitrogens with zero attached hydrogens (tertiary/aromatic N) is 2. The van der Waals surface area contributed by atoms with Crippen LogP contribution in [0.1, 0.15) is 29.2 Å². The highest BCUT2D eigenvalue weighted by atomic mass is 79.9. The topological polar surface area (TPSA) is 54.9 Å². The van der Waals surface area contributed by atoms with Gasteiger partial charge in [0.15, 0.2) is 0 Å². The molecule has 1 N–H and O–H groups in total. The molecule has 0 aliphatic rings. The number of carbonyl (C=O) groups excluding carboxylic acids is 1. The molecule has 4 nitrogen and oxygen atoms in total. The maximum atomic E-state index is 12.0. The summed E-state index contributed by atoms with van der Waals surface area (Å²) in [6.45, 7) is 4.25. The third-order valence-corrected chi connectivity index (χ3v) is 3.71. The number of carbonyl (C=O) groups is 1. The summed E-state index contributed by atoms with van der Waals surface area (Å²) >= 11 is 4.76. The van der Waals surface area contributed by atoms with E-state index >= 15 is 0 Å². The molecule has 2 aromatic rings. The molecule has 0 aliphatic heterocycles. The fraction of sp³-hybridized carbons (Fsp3) is 0.308. The second-order valence-corrected chi connectivity index (χ2v) is 6.54. The third-order valence-electron chi connectivity index (χ3n) is 2.36. The van der Waals surface area contributed by atoms with Crippen LogP contribution in [0.3, 0.4) is 0 Å². The number of amides is 1. The van der Waals surface area contributed by atoms with Gasteiger partial charge in [-0.25, -0.2) is 0 Å². The van der Waals surface area contributed by atoms with Crippen molar-refractivity contribution in [3.63, 3.8) is 0 Å². The lowest BCUT2D eigenvalue weighted by Gasteiger charge is -2.01. The zero-order chi connectivity index (χ0) is 13.8. The molecule has 1 aromatic carbocycles. The summed E-state index contributed by atoms with van der Waals surface area (Å²) in [5.41, 5.74) is 0.593. The number of halogens is 1. The fourth-order valence-electron chi connectivity index (χ4n) is 1.53. The highest BCUT2D eigenvalue weighted by molar-refractivity contribution is 9.10. The van der Waals surface area contributed by atoms with E-state index in [0.29, 0.717) is 16.6 Å². The number of hydrogen-bond donors (Lipinski definition) is 1. The minimum absolute atomic E-state index is 0.173. The average molecular weight is 340 g/mol. The molecule has 0 radical (unpaired) electrons. The van der Waals surface area contributed by atoms with Gasteiger partial charge in [-0.15, -0.1) is 10.2 Å². The molecule has 100 valence electrons. The summed E-state index contributed by atoms with van der Waals surface area (Å²) in [7, 11) is 0. The lowest BCUT2D eigenvalue weighted by molar-refractivity contribution is 0.102. The van der Waals surface area contributed by atoms with Crippen molar-refractivity contribution < 1.29 is 4.79 Å². The van der Waals surface area contributed by atoms with Crippen LogP contribution in [0.25, 0.3) is 0 Å². The van der Waals surface area contributed by atoms with Crippen molar-refractivity contribution in [2.45, 2.75) is 20.3 Å². The van der Waals surface area contributed by atoms with Gasteiger partial charge in [0.2, 0.25) is 5.13 Å². The Morgan fingerprint density at radius 2 is 2.21 bits per heavy atom. The Morgan fingerprint density at radius 3 is 2.89 bits per heavy atom. The van der Waals surface area contributed by atoms with E-state index in [4.69, 9.17) is 0 Å². The third kappa shape index (κ3) is 4.11. The average Bonchev–Trinajstić information content (AvgIpc) is 2.75. The molecule has 1 heterocycles. The first-order valence-corrected chi connectivity index (χ1v) is 7.55. The van der Waals surface area contributed by atoms with Gasteiger partial charge in [-0.2, -0.15) is 0 Å². The van der Waals surface area contributed by atoms with E-state index < -0.39 is 0 Å². The minimum atomic E-state index is -0.173. The van der Waals surface area contributed by atoms with E-state index in [1.165, 1.54) is 11.3 Å². The number of nitrogens with one attached hydrogen (secondary N) is 1. The van der Waals surface area contributed by atoms with Crippen molar-refractivity contribution in [3.8, 4) is 0 Å². The zero-order valence-corrected chi connectivity index (χ0v) is 13.1. The largest absolute Gasteiger partial charge is 0.296 e. The smallest absolute Gasteiger partial charge is 0.257 e. The SMILES string of the molecule is CC(C)Cc1nnc(NC(=O)c2cccc(Br)c2)s1. The van der Waals surface area contributed by atoms with E-state index in [2.05, 4.69) is 45.3 Å². The molecule has 0 unspecified atom stereocenters. The van der Waals surface area contributed by atoms with Crippen LogP contribution >= 0.6 is 27.3 Å². The normalized spacial score (nSPS) is 10.7. The molecular formula is C13H14BrN3OS. The van der Waals surface area contributed by atoms with Gasteiger partial charge in [0.25, 0.3) is 5.91 Å². The van der Waals surface area contributed by atoms with Crippen molar-refractivity contribution >= 4 is 38.3 Å². The Balaban J connectivity index is 2.05. The van der Waals surface area contributed by atoms with Crippen molar-refractivity contribution in [1.82, 2.24) is 10.2 Å². The fourth-order valence-corrected chi connectivity index (χ4v) is 2.88. The molecule has 0 bridgehead atoms. The van der Waals surface area contributed by atoms with E-state index in [-0.39, 0.29) is 5.91 Å². The molecule has 19 heavy (non-hydrogen) atoms. The van der Waals surface area contributed by atoms with Gasteiger partial charge in [0.1, 0.15) is 5.01 Å². The van der Waals surface area contributed by atoms with Gasteiger partial charge in [-0.1, -0.05) is 47.2 Å². The maximum absolute atomic E-state index is 12.0. The maximum Gasteiger partial charge on any atom is 0.257 e. The molecule has 6 heteroatoms. The second-order valence-electron chi connectivity index (χ2n) is 4.56. The molecule has 2 rings (SSSR count). The molecule has 0 aliphatic carbocycles. The predicted molar refractivity (Wildman–Crippen MR) is 80.5 cm³/mol. The zero-order valence-electron chi connectivity index (χ0n) is 10.7. The highest BCUT2D eigenvalue weighted by Gasteiger charge is 2.11. The lowest BCUT2D eigenvalue weighted by Crippen LogP contribution is -2.11. The van der Waals surface area contributed by atoms with Crippen molar-refractivity contribution in [2.24, 2.45) is 5.92 Å². The van der Waals surface area contributed by atoms with Crippen LogP contribution in [0.4, 0.5) is 5.13 Å². The molecule has 0 fully saturated rings. The molecule has 1 amide bonds. The standard InChI is InChI=1S/C13H14BrN3OS/c1-8(2)6-11-16-17-13(19-11)15-12(18)9-4-3-5-10(14)7-9/h3-5,7-8H,6H2,1-2H3,(H,15,17,18). The van der Waals surface area contributed by atoms with E-state index in [1.54, 1.807) is 12.1 Å². The van der Waals surface area contributed by atoms with Gasteiger partial charge in [-0.3, -0.25) is 10.1 Å². The van der Waals surface area contributed by atoms with Crippen LogP contribution in [0.15, 0.2) is 28.7 Å². The van der Waals surface area contributed by atoms with Crippen LogP contribution in [-0.2, 0) is 6.42 Å². The first-order chi connectivity index (χ1) is 9.04. The summed E-state index contributed by atoms with van der Waals surface area (Å²) in [5, 5.41) is 12.3. The number of hydrogen-bond acceptors (Lipinski definition) is 4. The number of benzene rings is 1. The molecular weight excluding hydrogens is 326 g/mol. The molecule has 1 aromatic heterocycles. The number of rotatable bonds is 4. The summed E-state index contributed by atoms with van der Waals surface area (Å²) in [6.07, 6.45) is 0.879. The first-order valence-electron chi connectivity index (χ1n) is 5.94. The molecule has 0 atom stereocenters. The molecule has 0 spiro atoms. The van der Waals surface area contributed by atoms with Crippen molar-refractivity contribution in [3.05, 3.63) is 39.3 Å². The summed E-state index contributed by atoms with van der Waals surface area (Å²) in [5.74, 6) is 0.357. The van der Waals surface area contributed by atoms with Crippen LogP contribution in [0.5, 0.6) is 0 Å². The van der Waals surface area contributed by atoms with Crippen molar-refractivity contribution in [2.75, 3.05) is 5.32 Å². The summed E-state index contributed by atoms with van der Waals surface area (Å²) in [4.78, 5) is 12.0. The monoisotopic (exact) mass is 339 g/mol. The predicted octanol–water partition coefficient (Wildman–Crippen LogP) is 3.75. The highest BCUT2D eigenvalue weighted by Crippen LogP contribution is 2.19. The number of anilines is 1. The van der Waals surface area contributed by atoms with E-state index in [1.807, 2.05) is 12.1 Å². The molecule has 0 saturated carbocycles. The minimum Gasteiger partial charge on any atom is -0.296 e. The Bertz CT molecular complexity index is 583. The van der Waals surface area contributed by atoms with Crippen molar-refractivity contribution in [1.29, 1.82) is 0 Å². The summed E-state index contributed by atoms with van der Waals surface area (Å²) < 4.78 is 0.873. The van der Waals surface area contributed by atoms with E-state index in [9.17, 15) is 4.79 Å². The quantitative estimate of drug-likeness (QED) is 0.922. The summed E-state index contributed by atoms with van der Waals surface area (Å²) in [6, 6.07) is 7.23. The van der Waals surface area contributed by atoms with Gasteiger partial charge in [0.05, 0.1) is 0 Å². The number of aromatic nitrogens is 2.